The second-order valence-corrected chi connectivity index (χ2v) is 6.83. The molecule has 0 saturated carbocycles. The maximum atomic E-state index is 5.99. The van der Waals surface area contributed by atoms with Crippen molar-refractivity contribution < 1.29 is 0 Å². The van der Waals surface area contributed by atoms with E-state index in [9.17, 15) is 0 Å². The Bertz CT molecular complexity index is 567. The number of hydrogen-bond acceptors (Lipinski definition) is 2. The second kappa shape index (κ2) is 6.39. The zero-order valence-corrected chi connectivity index (χ0v) is 14.3. The molecule has 1 aliphatic rings. The first-order chi connectivity index (χ1) is 10.5. The molecule has 22 heavy (non-hydrogen) atoms. The lowest BCUT2D eigenvalue weighted by Gasteiger charge is -2.46. The minimum absolute atomic E-state index is 0.438. The van der Waals surface area contributed by atoms with Gasteiger partial charge in [-0.05, 0) is 62.4 Å². The summed E-state index contributed by atoms with van der Waals surface area (Å²) in [5.74, 6) is 0. The molecule has 4 heteroatoms. The Hall–Kier alpha value is -1.38. The summed E-state index contributed by atoms with van der Waals surface area (Å²) in [5, 5.41) is 1.56. The summed E-state index contributed by atoms with van der Waals surface area (Å²) in [6.07, 6.45) is 0. The topological polar surface area (TPSA) is 6.48 Å². The predicted octanol–water partition coefficient (Wildman–Crippen LogP) is 5.10. The minimum Gasteiger partial charge on any atom is -0.365 e. The van der Waals surface area contributed by atoms with Crippen molar-refractivity contribution >= 4 is 34.6 Å². The summed E-state index contributed by atoms with van der Waals surface area (Å²) >= 11 is 12.0. The average Bonchev–Trinajstić information content (AvgIpc) is 2.51. The van der Waals surface area contributed by atoms with Crippen molar-refractivity contribution in [2.24, 2.45) is 0 Å². The van der Waals surface area contributed by atoms with Crippen LogP contribution in [0.1, 0.15) is 13.8 Å². The fourth-order valence-electron chi connectivity index (χ4n) is 3.11. The summed E-state index contributed by atoms with van der Waals surface area (Å²) < 4.78 is 0. The van der Waals surface area contributed by atoms with E-state index in [2.05, 4.69) is 47.9 Å². The van der Waals surface area contributed by atoms with Crippen LogP contribution < -0.4 is 9.80 Å². The molecule has 2 nitrogen and oxygen atoms in total. The minimum atomic E-state index is 0.438. The van der Waals surface area contributed by atoms with Gasteiger partial charge in [-0.15, -0.1) is 0 Å². The summed E-state index contributed by atoms with van der Waals surface area (Å²) in [4.78, 5) is 4.90. The molecule has 0 bridgehead atoms. The van der Waals surface area contributed by atoms with Crippen molar-refractivity contribution in [3.63, 3.8) is 0 Å². The first-order valence-electron chi connectivity index (χ1n) is 7.59. The van der Waals surface area contributed by atoms with Gasteiger partial charge in [0.15, 0.2) is 0 Å². The smallest absolute Gasteiger partial charge is 0.0438 e. The van der Waals surface area contributed by atoms with Gasteiger partial charge in [-0.1, -0.05) is 23.2 Å². The average molecular weight is 335 g/mol. The van der Waals surface area contributed by atoms with Crippen LogP contribution >= 0.6 is 23.2 Å². The number of anilines is 2. The quantitative estimate of drug-likeness (QED) is 0.754. The van der Waals surface area contributed by atoms with Gasteiger partial charge in [0.25, 0.3) is 0 Å². The molecule has 0 aromatic heterocycles. The van der Waals surface area contributed by atoms with E-state index in [0.29, 0.717) is 12.1 Å². The number of piperazine rings is 1. The van der Waals surface area contributed by atoms with Crippen LogP contribution in [-0.2, 0) is 0 Å². The molecule has 2 atom stereocenters. The van der Waals surface area contributed by atoms with E-state index in [-0.39, 0.29) is 0 Å². The molecule has 1 saturated heterocycles. The SMILES string of the molecule is C[C@@H]1CN(c2ccc(Cl)cc2)[C@@H](C)CN1c1ccc(Cl)cc1. The maximum absolute atomic E-state index is 5.99. The maximum Gasteiger partial charge on any atom is 0.0438 e. The highest BCUT2D eigenvalue weighted by molar-refractivity contribution is 6.30. The van der Waals surface area contributed by atoms with Crippen molar-refractivity contribution in [3.8, 4) is 0 Å². The molecule has 0 aliphatic carbocycles. The highest BCUT2D eigenvalue weighted by atomic mass is 35.5. The molecule has 1 fully saturated rings. The Kier molecular flexibility index (Phi) is 4.51. The summed E-state index contributed by atoms with van der Waals surface area (Å²) in [6.45, 7) is 6.52. The number of hydrogen-bond donors (Lipinski definition) is 0. The Morgan fingerprint density at radius 1 is 0.682 bits per heavy atom. The summed E-state index contributed by atoms with van der Waals surface area (Å²) in [5.41, 5.74) is 2.47. The van der Waals surface area contributed by atoms with Gasteiger partial charge in [0.2, 0.25) is 0 Å². The number of halogens is 2. The molecular weight excluding hydrogens is 315 g/mol. The number of nitrogens with zero attached hydrogens (tertiary/aromatic N) is 2. The molecule has 0 amide bonds. The fourth-order valence-corrected chi connectivity index (χ4v) is 3.36. The van der Waals surface area contributed by atoms with Gasteiger partial charge in [0.05, 0.1) is 0 Å². The largest absolute Gasteiger partial charge is 0.365 e. The Balaban J connectivity index is 1.79. The lowest BCUT2D eigenvalue weighted by Crippen LogP contribution is -2.56. The molecule has 0 unspecified atom stereocenters. The third-order valence-electron chi connectivity index (χ3n) is 4.30. The predicted molar refractivity (Wildman–Crippen MR) is 96.5 cm³/mol. The highest BCUT2D eigenvalue weighted by Crippen LogP contribution is 2.28. The number of rotatable bonds is 2. The third-order valence-corrected chi connectivity index (χ3v) is 4.81. The van der Waals surface area contributed by atoms with Crippen LogP contribution in [0.3, 0.4) is 0 Å². The second-order valence-electron chi connectivity index (χ2n) is 5.96. The monoisotopic (exact) mass is 334 g/mol. The first-order valence-corrected chi connectivity index (χ1v) is 8.34. The third kappa shape index (κ3) is 3.18. The Morgan fingerprint density at radius 3 is 1.32 bits per heavy atom. The van der Waals surface area contributed by atoms with E-state index in [1.807, 2.05) is 24.3 Å². The van der Waals surface area contributed by atoms with Crippen LogP contribution in [0.2, 0.25) is 10.0 Å². The highest BCUT2D eigenvalue weighted by Gasteiger charge is 2.29. The molecule has 2 aromatic rings. The first kappa shape index (κ1) is 15.5. The number of benzene rings is 2. The lowest BCUT2D eigenvalue weighted by molar-refractivity contribution is 0.481. The van der Waals surface area contributed by atoms with Gasteiger partial charge >= 0.3 is 0 Å². The van der Waals surface area contributed by atoms with E-state index in [4.69, 9.17) is 23.2 Å². The zero-order valence-electron chi connectivity index (χ0n) is 12.8. The van der Waals surface area contributed by atoms with Crippen LogP contribution in [-0.4, -0.2) is 25.2 Å². The standard InChI is InChI=1S/C18H20Cl2N2/c1-13-11-22(18-9-5-16(20)6-10-18)14(2)12-21(13)17-7-3-15(19)4-8-17/h3-10,13-14H,11-12H2,1-2H3/t13-,14+. The van der Waals surface area contributed by atoms with Crippen molar-refractivity contribution in [1.82, 2.24) is 0 Å². The van der Waals surface area contributed by atoms with Crippen molar-refractivity contribution in [1.29, 1.82) is 0 Å². The van der Waals surface area contributed by atoms with Gasteiger partial charge in [-0.25, -0.2) is 0 Å². The lowest BCUT2D eigenvalue weighted by atomic mass is 10.1. The van der Waals surface area contributed by atoms with E-state index >= 15 is 0 Å². The van der Waals surface area contributed by atoms with E-state index in [1.54, 1.807) is 0 Å². The molecule has 0 N–H and O–H groups in total. The van der Waals surface area contributed by atoms with Crippen LogP contribution in [0.4, 0.5) is 11.4 Å². The Morgan fingerprint density at radius 2 is 1.00 bits per heavy atom. The molecule has 116 valence electrons. The van der Waals surface area contributed by atoms with Gasteiger partial charge in [-0.3, -0.25) is 0 Å². The summed E-state index contributed by atoms with van der Waals surface area (Å²) in [7, 11) is 0. The van der Waals surface area contributed by atoms with Gasteiger partial charge < -0.3 is 9.80 Å². The van der Waals surface area contributed by atoms with E-state index in [1.165, 1.54) is 11.4 Å². The van der Waals surface area contributed by atoms with Crippen molar-refractivity contribution in [2.45, 2.75) is 25.9 Å². The normalized spacial score (nSPS) is 22.0. The van der Waals surface area contributed by atoms with Crippen LogP contribution in [0.15, 0.2) is 48.5 Å². The van der Waals surface area contributed by atoms with Crippen molar-refractivity contribution in [3.05, 3.63) is 58.6 Å². The molecule has 1 heterocycles. The van der Waals surface area contributed by atoms with E-state index < -0.39 is 0 Å². The molecule has 3 rings (SSSR count). The van der Waals surface area contributed by atoms with Crippen LogP contribution in [0, 0.1) is 0 Å². The summed E-state index contributed by atoms with van der Waals surface area (Å²) in [6, 6.07) is 17.1. The molecule has 0 spiro atoms. The molecular formula is C18H20Cl2N2. The molecule has 0 radical (unpaired) electrons. The van der Waals surface area contributed by atoms with Crippen LogP contribution in [0.25, 0.3) is 0 Å². The fraction of sp³-hybridized carbons (Fsp3) is 0.333. The van der Waals surface area contributed by atoms with Gasteiger partial charge in [0, 0.05) is 46.6 Å². The molecule has 1 aliphatic heterocycles. The zero-order chi connectivity index (χ0) is 15.7. The van der Waals surface area contributed by atoms with Crippen molar-refractivity contribution in [2.75, 3.05) is 22.9 Å². The molecule has 2 aromatic carbocycles. The van der Waals surface area contributed by atoms with E-state index in [0.717, 1.165) is 23.1 Å². The van der Waals surface area contributed by atoms with Gasteiger partial charge in [-0.2, -0.15) is 0 Å². The Labute approximate surface area is 142 Å². The van der Waals surface area contributed by atoms with Crippen LogP contribution in [0.5, 0.6) is 0 Å². The van der Waals surface area contributed by atoms with Gasteiger partial charge in [0.1, 0.15) is 0 Å².